The summed E-state index contributed by atoms with van der Waals surface area (Å²) in [5.74, 6) is -3.90. The van der Waals surface area contributed by atoms with E-state index in [9.17, 15) is 31.2 Å². The van der Waals surface area contributed by atoms with Crippen LogP contribution in [0.3, 0.4) is 0 Å². The summed E-state index contributed by atoms with van der Waals surface area (Å²) in [4.78, 5) is 23.0. The Morgan fingerprint density at radius 2 is 2.00 bits per heavy atom. The molecular formula is C14H15F3O7S. The van der Waals surface area contributed by atoms with Crippen molar-refractivity contribution in [2.45, 2.75) is 42.9 Å². The molecule has 0 N–H and O–H groups in total. The molecule has 5 atom stereocenters. The van der Waals surface area contributed by atoms with Gasteiger partial charge in [0.2, 0.25) is 0 Å². The predicted octanol–water partition coefficient (Wildman–Crippen LogP) is 1.09. The molecule has 1 saturated heterocycles. The molecule has 2 saturated carbocycles. The molecule has 25 heavy (non-hydrogen) atoms. The molecule has 3 fully saturated rings. The number of rotatable bonds is 4. The predicted molar refractivity (Wildman–Crippen MR) is 74.4 cm³/mol. The van der Waals surface area contributed by atoms with Gasteiger partial charge in [0, 0.05) is 17.4 Å². The Labute approximate surface area is 141 Å². The van der Waals surface area contributed by atoms with E-state index in [1.807, 2.05) is 0 Å². The van der Waals surface area contributed by atoms with Crippen LogP contribution in [0.4, 0.5) is 13.2 Å². The molecule has 3 aliphatic rings. The first-order valence-corrected chi connectivity index (χ1v) is 8.83. The van der Waals surface area contributed by atoms with Gasteiger partial charge in [0.15, 0.2) is 11.4 Å². The zero-order valence-corrected chi connectivity index (χ0v) is 13.9. The monoisotopic (exact) mass is 384 g/mol. The van der Waals surface area contributed by atoms with Crippen molar-refractivity contribution >= 4 is 22.1 Å². The van der Waals surface area contributed by atoms with Gasteiger partial charge in [0.1, 0.15) is 12.2 Å². The van der Waals surface area contributed by atoms with Crippen molar-refractivity contribution in [2.75, 3.05) is 6.61 Å². The van der Waals surface area contributed by atoms with E-state index in [0.717, 1.165) is 0 Å². The Hall–Kier alpha value is -1.62. The van der Waals surface area contributed by atoms with E-state index in [1.165, 1.54) is 6.92 Å². The first kappa shape index (κ1) is 18.2. The second-order valence-corrected chi connectivity index (χ2v) is 8.35. The number of halogens is 3. The lowest BCUT2D eigenvalue weighted by Gasteiger charge is -2.33. The number of hydrogen-bond acceptors (Lipinski definition) is 7. The Morgan fingerprint density at radius 3 is 2.56 bits per heavy atom. The SMILES string of the molecule is C=C(C)C(=O)OCC(=O)OC1C2CC3C1OS(=O)(=O)C3(C(F)(F)F)C2. The highest BCUT2D eigenvalue weighted by molar-refractivity contribution is 7.88. The van der Waals surface area contributed by atoms with Crippen molar-refractivity contribution in [1.29, 1.82) is 0 Å². The highest BCUT2D eigenvalue weighted by Gasteiger charge is 2.82. The van der Waals surface area contributed by atoms with Gasteiger partial charge in [-0.25, -0.2) is 9.59 Å². The van der Waals surface area contributed by atoms with Gasteiger partial charge in [-0.15, -0.1) is 0 Å². The Bertz CT molecular complexity index is 744. The van der Waals surface area contributed by atoms with Crippen LogP contribution in [0.5, 0.6) is 0 Å². The Kier molecular flexibility index (Phi) is 3.95. The zero-order valence-electron chi connectivity index (χ0n) is 13.0. The molecule has 7 nitrogen and oxygen atoms in total. The molecule has 0 aromatic carbocycles. The molecule has 2 bridgehead atoms. The van der Waals surface area contributed by atoms with Crippen molar-refractivity contribution in [3.05, 3.63) is 12.2 Å². The first-order chi connectivity index (χ1) is 11.4. The molecule has 0 aromatic heterocycles. The van der Waals surface area contributed by atoms with E-state index in [-0.39, 0.29) is 12.0 Å². The third-order valence-electron chi connectivity index (χ3n) is 5.01. The topological polar surface area (TPSA) is 96.0 Å². The first-order valence-electron chi connectivity index (χ1n) is 7.42. The molecule has 3 rings (SSSR count). The van der Waals surface area contributed by atoms with Gasteiger partial charge in [-0.1, -0.05) is 6.58 Å². The number of esters is 2. The van der Waals surface area contributed by atoms with Crippen molar-refractivity contribution < 1.29 is 44.8 Å². The van der Waals surface area contributed by atoms with E-state index in [2.05, 4.69) is 15.5 Å². The normalized spacial score (nSPS) is 37.8. The quantitative estimate of drug-likeness (QED) is 0.407. The molecule has 0 aromatic rings. The van der Waals surface area contributed by atoms with Crippen molar-refractivity contribution in [3.63, 3.8) is 0 Å². The highest BCUT2D eigenvalue weighted by Crippen LogP contribution is 2.66. The third-order valence-corrected chi connectivity index (χ3v) is 7.08. The molecular weight excluding hydrogens is 369 g/mol. The minimum atomic E-state index is -4.97. The number of alkyl halides is 3. The highest BCUT2D eigenvalue weighted by atomic mass is 32.2. The van der Waals surface area contributed by atoms with Crippen molar-refractivity contribution in [3.8, 4) is 0 Å². The molecule has 0 spiro atoms. The summed E-state index contributed by atoms with van der Waals surface area (Å²) in [6.45, 7) is 3.95. The lowest BCUT2D eigenvalue weighted by atomic mass is 9.83. The van der Waals surface area contributed by atoms with Crippen LogP contribution in [0.25, 0.3) is 0 Å². The second-order valence-electron chi connectivity index (χ2n) is 6.52. The van der Waals surface area contributed by atoms with Crippen LogP contribution in [-0.4, -0.2) is 50.1 Å². The minimum Gasteiger partial charge on any atom is -0.457 e. The van der Waals surface area contributed by atoms with Crippen molar-refractivity contribution in [1.82, 2.24) is 0 Å². The van der Waals surface area contributed by atoms with Gasteiger partial charge in [-0.3, -0.25) is 4.18 Å². The van der Waals surface area contributed by atoms with E-state index in [4.69, 9.17) is 4.74 Å². The number of carbonyl (C=O) groups excluding carboxylic acids is 2. The maximum absolute atomic E-state index is 13.4. The fourth-order valence-electron chi connectivity index (χ4n) is 3.99. The van der Waals surface area contributed by atoms with Crippen LogP contribution in [0.15, 0.2) is 12.2 Å². The number of ether oxygens (including phenoxy) is 2. The lowest BCUT2D eigenvalue weighted by Crippen LogP contribution is -2.54. The minimum absolute atomic E-state index is 0.0626. The van der Waals surface area contributed by atoms with Crippen LogP contribution in [0.2, 0.25) is 0 Å². The maximum atomic E-state index is 13.4. The second kappa shape index (κ2) is 5.44. The van der Waals surface area contributed by atoms with E-state index >= 15 is 0 Å². The summed E-state index contributed by atoms with van der Waals surface area (Å²) in [5, 5.41) is 0. The molecule has 1 aliphatic heterocycles. The average Bonchev–Trinajstić information content (AvgIpc) is 3.05. The van der Waals surface area contributed by atoms with Crippen LogP contribution < -0.4 is 0 Å². The van der Waals surface area contributed by atoms with E-state index in [1.54, 1.807) is 0 Å². The number of carbonyl (C=O) groups is 2. The van der Waals surface area contributed by atoms with Gasteiger partial charge in [0.25, 0.3) is 10.1 Å². The van der Waals surface area contributed by atoms with Crippen molar-refractivity contribution in [2.24, 2.45) is 11.8 Å². The van der Waals surface area contributed by atoms with Crippen LogP contribution in [0, 0.1) is 11.8 Å². The van der Waals surface area contributed by atoms with Gasteiger partial charge in [-0.2, -0.15) is 21.6 Å². The smallest absolute Gasteiger partial charge is 0.410 e. The van der Waals surface area contributed by atoms with Crippen LogP contribution >= 0.6 is 0 Å². The summed E-state index contributed by atoms with van der Waals surface area (Å²) in [6, 6.07) is 0. The molecule has 11 heteroatoms. The molecule has 0 amide bonds. The summed E-state index contributed by atoms with van der Waals surface area (Å²) < 4.78 is 75.7. The summed E-state index contributed by atoms with van der Waals surface area (Å²) in [6.07, 6.45) is -8.22. The summed E-state index contributed by atoms with van der Waals surface area (Å²) in [7, 11) is -4.87. The Balaban J connectivity index is 1.72. The summed E-state index contributed by atoms with van der Waals surface area (Å²) in [5.41, 5.74) is 0.0629. The maximum Gasteiger partial charge on any atom is 0.410 e. The molecule has 140 valence electrons. The molecule has 2 aliphatic carbocycles. The number of hydrogen-bond donors (Lipinski definition) is 0. The van der Waals surface area contributed by atoms with Crippen LogP contribution in [-0.2, 0) is 33.4 Å². The summed E-state index contributed by atoms with van der Waals surface area (Å²) >= 11 is 0. The lowest BCUT2D eigenvalue weighted by molar-refractivity contribution is -0.183. The largest absolute Gasteiger partial charge is 0.457 e. The third kappa shape index (κ3) is 2.47. The molecule has 5 unspecified atom stereocenters. The van der Waals surface area contributed by atoms with Gasteiger partial charge in [-0.05, 0) is 19.8 Å². The van der Waals surface area contributed by atoms with Gasteiger partial charge in [0.05, 0.1) is 0 Å². The molecule has 0 radical (unpaired) electrons. The zero-order chi connectivity index (χ0) is 18.8. The number of fused-ring (bicyclic) bond motifs is 1. The van der Waals surface area contributed by atoms with E-state index in [0.29, 0.717) is 0 Å². The van der Waals surface area contributed by atoms with E-state index < -0.39 is 70.1 Å². The standard InChI is InChI=1S/C14H15F3O7S/c1-6(2)12(19)22-5-9(18)23-10-7-3-8-11(10)24-25(20,21)13(8,4-7)14(15,16)17/h7-8,10-11H,1,3-5H2,2H3. The fraction of sp³-hybridized carbons (Fsp3) is 0.714. The van der Waals surface area contributed by atoms with Gasteiger partial charge < -0.3 is 9.47 Å². The average molecular weight is 384 g/mol. The fourth-order valence-corrected chi connectivity index (χ4v) is 6.00. The molecule has 1 heterocycles. The Morgan fingerprint density at radius 1 is 1.36 bits per heavy atom. The van der Waals surface area contributed by atoms with Gasteiger partial charge >= 0.3 is 18.1 Å². The van der Waals surface area contributed by atoms with Crippen LogP contribution in [0.1, 0.15) is 19.8 Å².